The van der Waals surface area contributed by atoms with Gasteiger partial charge in [-0.2, -0.15) is 0 Å². The van der Waals surface area contributed by atoms with Crippen LogP contribution in [0.25, 0.3) is 0 Å². The first-order valence-corrected chi connectivity index (χ1v) is 5.58. The van der Waals surface area contributed by atoms with Crippen LogP contribution in [-0.2, 0) is 16.1 Å². The number of imide groups is 1. The van der Waals surface area contributed by atoms with Crippen LogP contribution in [0.1, 0.15) is 5.69 Å². The summed E-state index contributed by atoms with van der Waals surface area (Å²) in [6, 6.07) is 3.75. The van der Waals surface area contributed by atoms with Crippen LogP contribution in [-0.4, -0.2) is 34.8 Å². The number of amides is 2. The van der Waals surface area contributed by atoms with Crippen molar-refractivity contribution in [2.75, 3.05) is 13.1 Å². The maximum atomic E-state index is 11.1. The fourth-order valence-corrected chi connectivity index (χ4v) is 1.77. The van der Waals surface area contributed by atoms with E-state index in [1.165, 1.54) is 0 Å². The van der Waals surface area contributed by atoms with E-state index >= 15 is 0 Å². The topological polar surface area (TPSA) is 62.3 Å². The van der Waals surface area contributed by atoms with Crippen molar-refractivity contribution in [3.63, 3.8) is 0 Å². The quantitative estimate of drug-likeness (QED) is 0.794. The summed E-state index contributed by atoms with van der Waals surface area (Å²) in [5, 5.41) is 2.26. The maximum absolute atomic E-state index is 11.1. The van der Waals surface area contributed by atoms with Crippen LogP contribution in [0, 0.1) is 0 Å². The molecule has 6 heteroatoms. The molecular weight excluding hydrogens is 274 g/mol. The Hall–Kier alpha value is -1.27. The number of halogens is 1. The van der Waals surface area contributed by atoms with E-state index in [-0.39, 0.29) is 24.9 Å². The van der Waals surface area contributed by atoms with Crippen LogP contribution in [0.2, 0.25) is 0 Å². The number of nitrogens with one attached hydrogen (secondary N) is 1. The molecule has 0 spiro atoms. The van der Waals surface area contributed by atoms with E-state index in [9.17, 15) is 9.59 Å². The molecule has 5 nitrogen and oxygen atoms in total. The average molecular weight is 284 g/mol. The van der Waals surface area contributed by atoms with Gasteiger partial charge in [0.15, 0.2) is 0 Å². The number of hydrogen-bond acceptors (Lipinski definition) is 4. The van der Waals surface area contributed by atoms with E-state index in [1.807, 2.05) is 12.1 Å². The van der Waals surface area contributed by atoms with E-state index in [2.05, 4.69) is 26.2 Å². The highest BCUT2D eigenvalue weighted by atomic mass is 79.9. The van der Waals surface area contributed by atoms with Gasteiger partial charge in [0, 0.05) is 17.2 Å². The molecule has 2 heterocycles. The van der Waals surface area contributed by atoms with Crippen molar-refractivity contribution in [1.82, 2.24) is 15.2 Å². The number of pyridine rings is 1. The molecule has 1 aromatic rings. The normalized spacial score (nSPS) is 17.3. The van der Waals surface area contributed by atoms with Gasteiger partial charge < -0.3 is 0 Å². The molecule has 0 radical (unpaired) electrons. The van der Waals surface area contributed by atoms with Gasteiger partial charge >= 0.3 is 0 Å². The fourth-order valence-electron chi connectivity index (χ4n) is 1.54. The number of rotatable bonds is 2. The van der Waals surface area contributed by atoms with Crippen LogP contribution in [0.3, 0.4) is 0 Å². The lowest BCUT2D eigenvalue weighted by atomic mass is 10.3. The van der Waals surface area contributed by atoms with Crippen LogP contribution < -0.4 is 5.32 Å². The summed E-state index contributed by atoms with van der Waals surface area (Å²) in [5.74, 6) is -0.512. The summed E-state index contributed by atoms with van der Waals surface area (Å²) in [5.41, 5.74) is 0.839. The molecule has 16 heavy (non-hydrogen) atoms. The fraction of sp³-hybridized carbons (Fsp3) is 0.300. The Balaban J connectivity index is 2.01. The Morgan fingerprint density at radius 3 is 2.56 bits per heavy atom. The third kappa shape index (κ3) is 2.86. The van der Waals surface area contributed by atoms with Crippen molar-refractivity contribution >= 4 is 27.7 Å². The Morgan fingerprint density at radius 2 is 2.00 bits per heavy atom. The molecule has 0 saturated carbocycles. The van der Waals surface area contributed by atoms with E-state index in [1.54, 1.807) is 11.1 Å². The number of nitrogens with zero attached hydrogens (tertiary/aromatic N) is 2. The summed E-state index contributed by atoms with van der Waals surface area (Å²) in [6.45, 7) is 0.986. The van der Waals surface area contributed by atoms with Gasteiger partial charge in [-0.05, 0) is 28.1 Å². The van der Waals surface area contributed by atoms with Crippen molar-refractivity contribution in [2.45, 2.75) is 6.54 Å². The molecule has 0 atom stereocenters. The minimum atomic E-state index is -0.256. The van der Waals surface area contributed by atoms with Gasteiger partial charge in [0.25, 0.3) is 0 Å². The lowest BCUT2D eigenvalue weighted by Gasteiger charge is -2.24. The predicted octanol–water partition coefficient (Wildman–Crippen LogP) is 0.303. The number of carbonyl (C=O) groups excluding carboxylic acids is 2. The van der Waals surface area contributed by atoms with E-state index in [0.717, 1.165) is 10.2 Å². The molecule has 0 aliphatic carbocycles. The molecule has 1 fully saturated rings. The van der Waals surface area contributed by atoms with Crippen LogP contribution in [0.4, 0.5) is 0 Å². The van der Waals surface area contributed by atoms with Crippen molar-refractivity contribution in [2.24, 2.45) is 0 Å². The third-order valence-electron chi connectivity index (χ3n) is 2.19. The number of piperazine rings is 1. The molecule has 2 amide bonds. The predicted molar refractivity (Wildman–Crippen MR) is 60.4 cm³/mol. The lowest BCUT2D eigenvalue weighted by molar-refractivity contribution is -0.136. The molecule has 1 N–H and O–H groups in total. The molecule has 0 unspecified atom stereocenters. The highest BCUT2D eigenvalue weighted by molar-refractivity contribution is 9.10. The van der Waals surface area contributed by atoms with Crippen molar-refractivity contribution in [3.8, 4) is 0 Å². The first-order chi connectivity index (χ1) is 7.63. The van der Waals surface area contributed by atoms with E-state index in [4.69, 9.17) is 0 Å². The second kappa shape index (κ2) is 4.71. The van der Waals surface area contributed by atoms with Gasteiger partial charge in [0.1, 0.15) is 0 Å². The SMILES string of the molecule is O=C1CN(Cc2ccc(Br)cn2)CC(=O)N1. The zero-order chi connectivity index (χ0) is 11.5. The average Bonchev–Trinajstić information content (AvgIpc) is 2.20. The molecule has 1 aliphatic heterocycles. The monoisotopic (exact) mass is 283 g/mol. The highest BCUT2D eigenvalue weighted by Gasteiger charge is 2.22. The van der Waals surface area contributed by atoms with Gasteiger partial charge in [-0.25, -0.2) is 0 Å². The first-order valence-electron chi connectivity index (χ1n) is 4.79. The molecule has 2 rings (SSSR count). The van der Waals surface area contributed by atoms with Gasteiger partial charge in [-0.1, -0.05) is 0 Å². The molecule has 1 saturated heterocycles. The molecule has 1 aromatic heterocycles. The lowest BCUT2D eigenvalue weighted by Crippen LogP contribution is -2.50. The van der Waals surface area contributed by atoms with Gasteiger partial charge in [-0.3, -0.25) is 24.8 Å². The first kappa shape index (κ1) is 11.2. The molecule has 84 valence electrons. The minimum Gasteiger partial charge on any atom is -0.294 e. The Morgan fingerprint density at radius 1 is 1.31 bits per heavy atom. The summed E-state index contributed by atoms with van der Waals surface area (Å²) < 4.78 is 0.906. The van der Waals surface area contributed by atoms with Crippen LogP contribution >= 0.6 is 15.9 Å². The second-order valence-electron chi connectivity index (χ2n) is 3.58. The zero-order valence-corrected chi connectivity index (χ0v) is 10.0. The second-order valence-corrected chi connectivity index (χ2v) is 4.50. The summed E-state index contributed by atoms with van der Waals surface area (Å²) in [7, 11) is 0. The summed E-state index contributed by atoms with van der Waals surface area (Å²) >= 11 is 3.30. The minimum absolute atomic E-state index is 0.240. The Kier molecular flexibility index (Phi) is 3.31. The zero-order valence-electron chi connectivity index (χ0n) is 8.44. The molecule has 1 aliphatic rings. The maximum Gasteiger partial charge on any atom is 0.240 e. The smallest absolute Gasteiger partial charge is 0.240 e. The number of carbonyl (C=O) groups is 2. The molecular formula is C10H10BrN3O2. The van der Waals surface area contributed by atoms with Crippen LogP contribution in [0.5, 0.6) is 0 Å². The van der Waals surface area contributed by atoms with E-state index in [0.29, 0.717) is 6.54 Å². The van der Waals surface area contributed by atoms with Crippen LogP contribution in [0.15, 0.2) is 22.8 Å². The third-order valence-corrected chi connectivity index (χ3v) is 2.66. The molecule has 0 aromatic carbocycles. The number of aromatic nitrogens is 1. The standard InChI is InChI=1S/C10H10BrN3O2/c11-7-1-2-8(12-3-7)4-14-5-9(15)13-10(16)6-14/h1-3H,4-6H2,(H,13,15,16). The van der Waals surface area contributed by atoms with Gasteiger partial charge in [0.2, 0.25) is 11.8 Å². The van der Waals surface area contributed by atoms with E-state index < -0.39 is 0 Å². The summed E-state index contributed by atoms with van der Waals surface area (Å²) in [4.78, 5) is 28.2. The van der Waals surface area contributed by atoms with Crippen molar-refractivity contribution in [1.29, 1.82) is 0 Å². The highest BCUT2D eigenvalue weighted by Crippen LogP contribution is 2.09. The summed E-state index contributed by atoms with van der Waals surface area (Å²) in [6.07, 6.45) is 1.70. The Labute approximate surface area is 101 Å². The number of hydrogen-bond donors (Lipinski definition) is 1. The molecule has 0 bridgehead atoms. The van der Waals surface area contributed by atoms with Gasteiger partial charge in [-0.15, -0.1) is 0 Å². The Bertz CT molecular complexity index is 403. The van der Waals surface area contributed by atoms with Crippen molar-refractivity contribution in [3.05, 3.63) is 28.5 Å². The van der Waals surface area contributed by atoms with Crippen molar-refractivity contribution < 1.29 is 9.59 Å². The van der Waals surface area contributed by atoms with Gasteiger partial charge in [0.05, 0.1) is 18.8 Å². The largest absolute Gasteiger partial charge is 0.294 e.